The summed E-state index contributed by atoms with van der Waals surface area (Å²) >= 11 is 0. The Morgan fingerprint density at radius 1 is 1.32 bits per heavy atom. The van der Waals surface area contributed by atoms with Crippen molar-refractivity contribution in [3.05, 3.63) is 35.9 Å². The van der Waals surface area contributed by atoms with Gasteiger partial charge in [0.25, 0.3) is 0 Å². The molecule has 1 amide bonds. The summed E-state index contributed by atoms with van der Waals surface area (Å²) in [6.45, 7) is 2.79. The summed E-state index contributed by atoms with van der Waals surface area (Å²) in [7, 11) is 2.01. The van der Waals surface area contributed by atoms with Gasteiger partial charge in [-0.05, 0) is 32.4 Å². The lowest BCUT2D eigenvalue weighted by molar-refractivity contribution is -0.126. The zero-order chi connectivity index (χ0) is 13.7. The standard InChI is InChI=1S/C16H24N2O/c1-13(16(19)17-15-10-6-7-11-15)18(2)12-14-8-4-3-5-9-14/h3-5,8-9,13,15H,6-7,10-12H2,1-2H3,(H,17,19). The summed E-state index contributed by atoms with van der Waals surface area (Å²) in [6, 6.07) is 10.6. The first-order valence-electron chi connectivity index (χ1n) is 7.21. The third-order valence-electron chi connectivity index (χ3n) is 4.02. The molecule has 1 aromatic rings. The van der Waals surface area contributed by atoms with Gasteiger partial charge in [-0.25, -0.2) is 0 Å². The molecule has 19 heavy (non-hydrogen) atoms. The van der Waals surface area contributed by atoms with Crippen LogP contribution >= 0.6 is 0 Å². The van der Waals surface area contributed by atoms with Gasteiger partial charge in [0.2, 0.25) is 5.91 Å². The van der Waals surface area contributed by atoms with Crippen LogP contribution in [0.3, 0.4) is 0 Å². The second-order valence-corrected chi connectivity index (χ2v) is 5.57. The van der Waals surface area contributed by atoms with Gasteiger partial charge < -0.3 is 5.32 Å². The third kappa shape index (κ3) is 4.06. The van der Waals surface area contributed by atoms with Crippen molar-refractivity contribution in [3.8, 4) is 0 Å². The number of carbonyl (C=O) groups excluding carboxylic acids is 1. The number of nitrogens with one attached hydrogen (secondary N) is 1. The number of rotatable bonds is 5. The molecule has 1 fully saturated rings. The number of carbonyl (C=O) groups is 1. The molecule has 1 aromatic carbocycles. The third-order valence-corrected chi connectivity index (χ3v) is 4.02. The van der Waals surface area contributed by atoms with Crippen molar-refractivity contribution in [2.24, 2.45) is 0 Å². The summed E-state index contributed by atoms with van der Waals surface area (Å²) in [6.07, 6.45) is 4.78. The first-order valence-corrected chi connectivity index (χ1v) is 7.21. The van der Waals surface area contributed by atoms with E-state index >= 15 is 0 Å². The number of hydrogen-bond donors (Lipinski definition) is 1. The number of hydrogen-bond acceptors (Lipinski definition) is 2. The van der Waals surface area contributed by atoms with Crippen molar-refractivity contribution < 1.29 is 4.79 Å². The molecule has 0 radical (unpaired) electrons. The van der Waals surface area contributed by atoms with Gasteiger partial charge in [-0.1, -0.05) is 43.2 Å². The molecule has 1 unspecified atom stereocenters. The van der Waals surface area contributed by atoms with Gasteiger partial charge in [0, 0.05) is 12.6 Å². The predicted molar refractivity (Wildman–Crippen MR) is 77.8 cm³/mol. The molecule has 0 aromatic heterocycles. The van der Waals surface area contributed by atoms with Crippen molar-refractivity contribution in [2.45, 2.75) is 51.2 Å². The van der Waals surface area contributed by atoms with Crippen LogP contribution in [-0.4, -0.2) is 29.9 Å². The molecule has 2 rings (SSSR count). The van der Waals surface area contributed by atoms with E-state index in [2.05, 4.69) is 22.3 Å². The Balaban J connectivity index is 1.83. The fourth-order valence-corrected chi connectivity index (χ4v) is 2.60. The molecule has 1 saturated carbocycles. The fourth-order valence-electron chi connectivity index (χ4n) is 2.60. The van der Waals surface area contributed by atoms with Crippen LogP contribution in [0.25, 0.3) is 0 Å². The summed E-state index contributed by atoms with van der Waals surface area (Å²) < 4.78 is 0. The first kappa shape index (κ1) is 14.1. The van der Waals surface area contributed by atoms with E-state index < -0.39 is 0 Å². The Kier molecular flexibility index (Phi) is 4.97. The molecule has 1 aliphatic rings. The van der Waals surface area contributed by atoms with Crippen LogP contribution in [-0.2, 0) is 11.3 Å². The fraction of sp³-hybridized carbons (Fsp3) is 0.562. The van der Waals surface area contributed by atoms with Crippen molar-refractivity contribution in [2.75, 3.05) is 7.05 Å². The van der Waals surface area contributed by atoms with Crippen LogP contribution in [0, 0.1) is 0 Å². The van der Waals surface area contributed by atoms with Gasteiger partial charge in [-0.15, -0.1) is 0 Å². The summed E-state index contributed by atoms with van der Waals surface area (Å²) in [4.78, 5) is 14.3. The molecule has 0 aliphatic heterocycles. The molecule has 1 atom stereocenters. The topological polar surface area (TPSA) is 32.3 Å². The van der Waals surface area contributed by atoms with Gasteiger partial charge in [0.05, 0.1) is 6.04 Å². The van der Waals surface area contributed by atoms with E-state index in [1.807, 2.05) is 32.2 Å². The summed E-state index contributed by atoms with van der Waals surface area (Å²) in [5.74, 6) is 0.158. The average molecular weight is 260 g/mol. The van der Waals surface area contributed by atoms with Crippen LogP contribution in [0.5, 0.6) is 0 Å². The molecule has 0 saturated heterocycles. The Morgan fingerprint density at radius 3 is 2.58 bits per heavy atom. The van der Waals surface area contributed by atoms with Crippen molar-refractivity contribution >= 4 is 5.91 Å². The van der Waals surface area contributed by atoms with E-state index in [1.54, 1.807) is 0 Å². The molecule has 1 aliphatic carbocycles. The van der Waals surface area contributed by atoms with Crippen molar-refractivity contribution in [1.29, 1.82) is 0 Å². The minimum absolute atomic E-state index is 0.0826. The van der Waals surface area contributed by atoms with Crippen LogP contribution < -0.4 is 5.32 Å². The van der Waals surface area contributed by atoms with Gasteiger partial charge in [-0.2, -0.15) is 0 Å². The molecule has 0 bridgehead atoms. The highest BCUT2D eigenvalue weighted by molar-refractivity contribution is 5.81. The highest BCUT2D eigenvalue weighted by Crippen LogP contribution is 2.18. The van der Waals surface area contributed by atoms with E-state index in [-0.39, 0.29) is 11.9 Å². The predicted octanol–water partition coefficient (Wildman–Crippen LogP) is 2.57. The Bertz CT molecular complexity index is 398. The maximum absolute atomic E-state index is 12.2. The second kappa shape index (κ2) is 6.71. The highest BCUT2D eigenvalue weighted by Gasteiger charge is 2.22. The molecule has 3 heteroatoms. The Hall–Kier alpha value is -1.35. The van der Waals surface area contributed by atoms with Crippen LogP contribution in [0.4, 0.5) is 0 Å². The molecule has 104 valence electrons. The van der Waals surface area contributed by atoms with E-state index in [1.165, 1.54) is 18.4 Å². The average Bonchev–Trinajstić information content (AvgIpc) is 2.91. The maximum Gasteiger partial charge on any atom is 0.237 e. The lowest BCUT2D eigenvalue weighted by Crippen LogP contribution is -2.46. The summed E-state index contributed by atoms with van der Waals surface area (Å²) in [5, 5.41) is 3.16. The lowest BCUT2D eigenvalue weighted by atomic mass is 10.1. The maximum atomic E-state index is 12.2. The number of likely N-dealkylation sites (N-methyl/N-ethyl adjacent to an activating group) is 1. The zero-order valence-corrected chi connectivity index (χ0v) is 11.9. The Morgan fingerprint density at radius 2 is 1.95 bits per heavy atom. The molecule has 0 heterocycles. The largest absolute Gasteiger partial charge is 0.352 e. The summed E-state index contributed by atoms with van der Waals surface area (Å²) in [5.41, 5.74) is 1.24. The van der Waals surface area contributed by atoms with Gasteiger partial charge >= 0.3 is 0 Å². The highest BCUT2D eigenvalue weighted by atomic mass is 16.2. The molecular formula is C16H24N2O. The van der Waals surface area contributed by atoms with Crippen LogP contribution in [0.1, 0.15) is 38.2 Å². The van der Waals surface area contributed by atoms with E-state index in [0.717, 1.165) is 19.4 Å². The SMILES string of the molecule is CC(C(=O)NC1CCCC1)N(C)Cc1ccccc1. The van der Waals surface area contributed by atoms with Gasteiger partial charge in [-0.3, -0.25) is 9.69 Å². The quantitative estimate of drug-likeness (QED) is 0.882. The molecule has 3 nitrogen and oxygen atoms in total. The van der Waals surface area contributed by atoms with E-state index in [0.29, 0.717) is 6.04 Å². The van der Waals surface area contributed by atoms with Crippen molar-refractivity contribution in [1.82, 2.24) is 10.2 Å². The first-order chi connectivity index (χ1) is 9.16. The normalized spacial score (nSPS) is 17.6. The monoisotopic (exact) mass is 260 g/mol. The smallest absolute Gasteiger partial charge is 0.237 e. The number of benzene rings is 1. The van der Waals surface area contributed by atoms with Crippen molar-refractivity contribution in [3.63, 3.8) is 0 Å². The lowest BCUT2D eigenvalue weighted by Gasteiger charge is -2.25. The zero-order valence-electron chi connectivity index (χ0n) is 11.9. The number of nitrogens with zero attached hydrogens (tertiary/aromatic N) is 1. The second-order valence-electron chi connectivity index (χ2n) is 5.57. The van der Waals surface area contributed by atoms with Gasteiger partial charge in [0.15, 0.2) is 0 Å². The van der Waals surface area contributed by atoms with E-state index in [9.17, 15) is 4.79 Å². The minimum Gasteiger partial charge on any atom is -0.352 e. The molecular weight excluding hydrogens is 236 g/mol. The van der Waals surface area contributed by atoms with Crippen LogP contribution in [0.2, 0.25) is 0 Å². The van der Waals surface area contributed by atoms with Crippen LogP contribution in [0.15, 0.2) is 30.3 Å². The van der Waals surface area contributed by atoms with E-state index in [4.69, 9.17) is 0 Å². The molecule has 0 spiro atoms. The van der Waals surface area contributed by atoms with Gasteiger partial charge in [0.1, 0.15) is 0 Å². The Labute approximate surface area is 116 Å². The molecule has 1 N–H and O–H groups in total. The number of amides is 1. The minimum atomic E-state index is -0.0826.